The number of hydrogen-bond acceptors (Lipinski definition) is 2. The zero-order chi connectivity index (χ0) is 14.6. The number of urea groups is 1. The second kappa shape index (κ2) is 6.00. The second-order valence-electron chi connectivity index (χ2n) is 4.80. The number of rotatable bonds is 3. The Hall–Kier alpha value is -1.95. The fraction of sp³-hybridized carbons (Fsp3) is 0.357. The van der Waals surface area contributed by atoms with Crippen molar-refractivity contribution in [2.45, 2.75) is 24.9 Å². The summed E-state index contributed by atoms with van der Waals surface area (Å²) in [7, 11) is 0. The maximum absolute atomic E-state index is 13.3. The van der Waals surface area contributed by atoms with Crippen molar-refractivity contribution in [3.8, 4) is 0 Å². The zero-order valence-corrected chi connectivity index (χ0v) is 10.8. The van der Waals surface area contributed by atoms with E-state index in [1.807, 2.05) is 6.08 Å². The quantitative estimate of drug-likeness (QED) is 0.746. The molecule has 1 aliphatic carbocycles. The fourth-order valence-corrected chi connectivity index (χ4v) is 2.07. The first-order valence-electron chi connectivity index (χ1n) is 6.39. The summed E-state index contributed by atoms with van der Waals surface area (Å²) >= 11 is 0. The van der Waals surface area contributed by atoms with Crippen LogP contribution in [0.3, 0.4) is 0 Å². The van der Waals surface area contributed by atoms with E-state index in [4.69, 9.17) is 0 Å². The van der Waals surface area contributed by atoms with Crippen LogP contribution < -0.4 is 10.6 Å². The smallest absolute Gasteiger partial charge is 0.319 e. The number of hydrogen-bond donors (Lipinski definition) is 3. The Morgan fingerprint density at radius 2 is 2.05 bits per heavy atom. The van der Waals surface area contributed by atoms with Gasteiger partial charge in [0.1, 0.15) is 22.9 Å². The van der Waals surface area contributed by atoms with Gasteiger partial charge in [0.25, 0.3) is 0 Å². The van der Waals surface area contributed by atoms with Gasteiger partial charge in [-0.1, -0.05) is 18.2 Å². The van der Waals surface area contributed by atoms with Crippen LogP contribution in [0.4, 0.5) is 19.3 Å². The van der Waals surface area contributed by atoms with Gasteiger partial charge in [-0.2, -0.15) is 0 Å². The van der Waals surface area contributed by atoms with Crippen LogP contribution >= 0.6 is 0 Å². The summed E-state index contributed by atoms with van der Waals surface area (Å²) in [5.41, 5.74) is -1.60. The molecule has 1 aliphatic rings. The first-order chi connectivity index (χ1) is 9.50. The van der Waals surface area contributed by atoms with E-state index in [1.165, 1.54) is 6.07 Å². The number of allylic oxidation sites excluding steroid dienone is 1. The van der Waals surface area contributed by atoms with Crippen molar-refractivity contribution < 1.29 is 18.7 Å². The number of carbonyl (C=O) groups is 1. The summed E-state index contributed by atoms with van der Waals surface area (Å²) in [4.78, 5) is 11.6. The summed E-state index contributed by atoms with van der Waals surface area (Å²) in [5.74, 6) is -1.70. The van der Waals surface area contributed by atoms with E-state index in [-0.39, 0.29) is 6.54 Å². The van der Waals surface area contributed by atoms with Gasteiger partial charge in [0.2, 0.25) is 0 Å². The first-order valence-corrected chi connectivity index (χ1v) is 6.39. The van der Waals surface area contributed by atoms with E-state index in [9.17, 15) is 18.7 Å². The van der Waals surface area contributed by atoms with Crippen molar-refractivity contribution in [3.05, 3.63) is 42.0 Å². The summed E-state index contributed by atoms with van der Waals surface area (Å²) in [6, 6.07) is 2.55. The molecule has 0 unspecified atom stereocenters. The van der Waals surface area contributed by atoms with Gasteiger partial charge >= 0.3 is 6.03 Å². The van der Waals surface area contributed by atoms with Crippen LogP contribution in [-0.2, 0) is 0 Å². The lowest BCUT2D eigenvalue weighted by atomic mass is 9.91. The number of aliphatic hydroxyl groups is 1. The minimum Gasteiger partial charge on any atom is -0.384 e. The second-order valence-corrected chi connectivity index (χ2v) is 4.80. The highest BCUT2D eigenvalue weighted by atomic mass is 19.1. The molecular formula is C14H16F2N2O2. The Labute approximate surface area is 115 Å². The Morgan fingerprint density at radius 3 is 2.65 bits per heavy atom. The molecule has 0 fully saturated rings. The molecule has 0 heterocycles. The Morgan fingerprint density at radius 1 is 1.35 bits per heavy atom. The minimum atomic E-state index is -1.09. The van der Waals surface area contributed by atoms with Crippen LogP contribution in [0.15, 0.2) is 30.4 Å². The molecule has 1 aromatic carbocycles. The Kier molecular flexibility index (Phi) is 4.34. The number of nitrogens with one attached hydrogen (secondary N) is 2. The third-order valence-corrected chi connectivity index (χ3v) is 3.16. The zero-order valence-electron chi connectivity index (χ0n) is 10.8. The topological polar surface area (TPSA) is 61.4 Å². The van der Waals surface area contributed by atoms with Crippen LogP contribution in [0.5, 0.6) is 0 Å². The molecule has 0 aliphatic heterocycles. The van der Waals surface area contributed by atoms with Crippen LogP contribution in [0.25, 0.3) is 0 Å². The molecule has 0 spiro atoms. The molecule has 6 heteroatoms. The number of para-hydroxylation sites is 1. The van der Waals surface area contributed by atoms with Gasteiger partial charge in [-0.15, -0.1) is 0 Å². The monoisotopic (exact) mass is 282 g/mol. The van der Waals surface area contributed by atoms with Crippen LogP contribution in [0, 0.1) is 11.6 Å². The molecule has 108 valence electrons. The number of benzene rings is 1. The maximum Gasteiger partial charge on any atom is 0.319 e. The van der Waals surface area contributed by atoms with Gasteiger partial charge in [-0.3, -0.25) is 0 Å². The van der Waals surface area contributed by atoms with Gasteiger partial charge in [0.15, 0.2) is 0 Å². The summed E-state index contributed by atoms with van der Waals surface area (Å²) < 4.78 is 26.7. The fourth-order valence-electron chi connectivity index (χ4n) is 2.07. The Bertz CT molecular complexity index is 514. The average Bonchev–Trinajstić information content (AvgIpc) is 2.42. The van der Waals surface area contributed by atoms with Crippen molar-refractivity contribution in [3.63, 3.8) is 0 Å². The highest BCUT2D eigenvalue weighted by Gasteiger charge is 2.26. The van der Waals surface area contributed by atoms with Gasteiger partial charge in [-0.25, -0.2) is 13.6 Å². The predicted octanol–water partition coefficient (Wildman–Crippen LogP) is 2.56. The predicted molar refractivity (Wildman–Crippen MR) is 71.3 cm³/mol. The van der Waals surface area contributed by atoms with Crippen molar-refractivity contribution >= 4 is 11.7 Å². The third-order valence-electron chi connectivity index (χ3n) is 3.16. The van der Waals surface area contributed by atoms with Gasteiger partial charge < -0.3 is 15.7 Å². The summed E-state index contributed by atoms with van der Waals surface area (Å²) in [5, 5.41) is 14.6. The normalized spacial score (nSPS) is 21.6. The molecule has 20 heavy (non-hydrogen) atoms. The van der Waals surface area contributed by atoms with Crippen molar-refractivity contribution in [1.29, 1.82) is 0 Å². The molecule has 2 amide bonds. The third kappa shape index (κ3) is 3.54. The summed E-state index contributed by atoms with van der Waals surface area (Å²) in [6.45, 7) is -0.00853. The molecule has 2 rings (SSSR count). The molecule has 0 bridgehead atoms. The largest absolute Gasteiger partial charge is 0.384 e. The molecule has 0 saturated heterocycles. The van der Waals surface area contributed by atoms with Gasteiger partial charge in [0, 0.05) is 0 Å². The lowest BCUT2D eigenvalue weighted by molar-refractivity contribution is 0.0768. The van der Waals surface area contributed by atoms with Gasteiger partial charge in [0.05, 0.1) is 6.54 Å². The number of amides is 2. The standard InChI is InChI=1S/C14H16F2N2O2/c15-10-5-4-6-11(16)12(10)18-13(19)17-9-14(20)7-2-1-3-8-14/h2,4-7,20H,1,3,8-9H2,(H2,17,18,19)/t14-/m1/s1. The van der Waals surface area contributed by atoms with E-state index in [0.29, 0.717) is 6.42 Å². The SMILES string of the molecule is O=C(NC[C@@]1(O)C=CCCC1)Nc1c(F)cccc1F. The Balaban J connectivity index is 1.93. The molecule has 4 nitrogen and oxygen atoms in total. The highest BCUT2D eigenvalue weighted by molar-refractivity contribution is 5.89. The molecular weight excluding hydrogens is 266 g/mol. The van der Waals surface area contributed by atoms with Crippen molar-refractivity contribution in [2.24, 2.45) is 0 Å². The molecule has 1 aromatic rings. The van der Waals surface area contributed by atoms with Crippen LogP contribution in [-0.4, -0.2) is 23.3 Å². The maximum atomic E-state index is 13.3. The van der Waals surface area contributed by atoms with E-state index >= 15 is 0 Å². The lowest BCUT2D eigenvalue weighted by Crippen LogP contribution is -2.43. The van der Waals surface area contributed by atoms with Crippen molar-refractivity contribution in [2.75, 3.05) is 11.9 Å². The van der Waals surface area contributed by atoms with Crippen molar-refractivity contribution in [1.82, 2.24) is 5.32 Å². The highest BCUT2D eigenvalue weighted by Crippen LogP contribution is 2.21. The van der Waals surface area contributed by atoms with E-state index in [0.717, 1.165) is 25.0 Å². The van der Waals surface area contributed by atoms with Crippen LogP contribution in [0.2, 0.25) is 0 Å². The number of halogens is 2. The molecule has 3 N–H and O–H groups in total. The van der Waals surface area contributed by atoms with E-state index < -0.39 is 29.0 Å². The number of anilines is 1. The first kappa shape index (κ1) is 14.5. The molecule has 0 radical (unpaired) electrons. The average molecular weight is 282 g/mol. The molecule has 0 aromatic heterocycles. The van der Waals surface area contributed by atoms with E-state index in [2.05, 4.69) is 10.6 Å². The minimum absolute atomic E-state index is 0.00853. The van der Waals surface area contributed by atoms with E-state index in [1.54, 1.807) is 6.08 Å². The number of carbonyl (C=O) groups excluding carboxylic acids is 1. The summed E-state index contributed by atoms with van der Waals surface area (Å²) in [6.07, 6.45) is 5.76. The van der Waals surface area contributed by atoms with Crippen LogP contribution in [0.1, 0.15) is 19.3 Å². The van der Waals surface area contributed by atoms with Gasteiger partial charge in [-0.05, 0) is 31.4 Å². The lowest BCUT2D eigenvalue weighted by Gasteiger charge is -2.27. The molecule has 1 atom stereocenters. The molecule has 0 saturated carbocycles.